The van der Waals surface area contributed by atoms with E-state index in [1.54, 1.807) is 16.9 Å². The number of fused-ring (bicyclic) bond motifs is 1. The third kappa shape index (κ3) is 2.98. The van der Waals surface area contributed by atoms with Crippen LogP contribution in [0.3, 0.4) is 0 Å². The number of hydrogen-bond acceptors (Lipinski definition) is 3. The van der Waals surface area contributed by atoms with Gasteiger partial charge in [0, 0.05) is 30.9 Å². The fourth-order valence-corrected chi connectivity index (χ4v) is 3.62. The minimum Gasteiger partial charge on any atom is -0.497 e. The van der Waals surface area contributed by atoms with Crippen LogP contribution in [-0.2, 0) is 11.2 Å². The van der Waals surface area contributed by atoms with E-state index >= 15 is 0 Å². The van der Waals surface area contributed by atoms with Gasteiger partial charge in [0.1, 0.15) is 5.75 Å². The summed E-state index contributed by atoms with van der Waals surface area (Å²) in [5.74, 6) is 0.764. The van der Waals surface area contributed by atoms with Gasteiger partial charge in [0.2, 0.25) is 5.91 Å². The maximum absolute atomic E-state index is 12.7. The molecule has 1 saturated heterocycles. The zero-order chi connectivity index (χ0) is 18.1. The Morgan fingerprint density at radius 2 is 1.92 bits per heavy atom. The molecule has 0 spiro atoms. The average molecular weight is 351 g/mol. The molecule has 1 fully saturated rings. The van der Waals surface area contributed by atoms with E-state index < -0.39 is 0 Å². The second-order valence-corrected chi connectivity index (χ2v) is 6.58. The highest BCUT2D eigenvalue weighted by Gasteiger charge is 2.33. The zero-order valence-corrected chi connectivity index (χ0v) is 14.6. The highest BCUT2D eigenvalue weighted by atomic mass is 16.5. The Morgan fingerprint density at radius 1 is 1.15 bits per heavy atom. The molecule has 26 heavy (non-hydrogen) atoms. The molecule has 0 aromatic heterocycles. The van der Waals surface area contributed by atoms with Gasteiger partial charge in [-0.25, -0.2) is 4.79 Å². The van der Waals surface area contributed by atoms with Gasteiger partial charge in [-0.2, -0.15) is 0 Å². The van der Waals surface area contributed by atoms with Crippen LogP contribution in [0.25, 0.3) is 0 Å². The normalized spacial score (nSPS) is 18.8. The summed E-state index contributed by atoms with van der Waals surface area (Å²) in [6.07, 6.45) is 1.18. The fraction of sp³-hybridized carbons (Fsp3) is 0.300. The summed E-state index contributed by atoms with van der Waals surface area (Å²) in [6.45, 7) is 1.15. The summed E-state index contributed by atoms with van der Waals surface area (Å²) in [5, 5.41) is 3.01. The lowest BCUT2D eigenvalue weighted by Crippen LogP contribution is -2.45. The van der Waals surface area contributed by atoms with E-state index in [0.717, 1.165) is 23.5 Å². The van der Waals surface area contributed by atoms with Crippen LogP contribution in [-0.4, -0.2) is 38.2 Å². The number of anilines is 2. The summed E-state index contributed by atoms with van der Waals surface area (Å²) in [4.78, 5) is 28.5. The third-order valence-corrected chi connectivity index (χ3v) is 4.97. The maximum atomic E-state index is 12.7. The number of nitrogens with one attached hydrogen (secondary N) is 1. The second-order valence-electron chi connectivity index (χ2n) is 6.58. The molecule has 2 aliphatic rings. The molecule has 4 rings (SSSR count). The van der Waals surface area contributed by atoms with Crippen LogP contribution in [0, 0.1) is 0 Å². The molecule has 0 saturated carbocycles. The van der Waals surface area contributed by atoms with Gasteiger partial charge in [0.05, 0.1) is 13.2 Å². The standard InChI is InChI=1S/C20H21N3O3/c1-26-17-8-6-16(7-9-17)23-13-15(12-19(23)24)21-20(25)22-11-10-14-4-2-3-5-18(14)22/h2-9,15H,10-13H2,1H3,(H,21,25)/t15-/m1/s1. The molecule has 134 valence electrons. The van der Waals surface area contributed by atoms with E-state index in [1.165, 1.54) is 5.56 Å². The lowest BCUT2D eigenvalue weighted by Gasteiger charge is -2.21. The molecule has 1 atom stereocenters. The molecule has 1 N–H and O–H groups in total. The van der Waals surface area contributed by atoms with Crippen molar-refractivity contribution in [2.45, 2.75) is 18.9 Å². The number of ether oxygens (including phenoxy) is 1. The molecule has 0 bridgehead atoms. The highest BCUT2D eigenvalue weighted by molar-refractivity contribution is 5.98. The van der Waals surface area contributed by atoms with Gasteiger partial charge in [-0.15, -0.1) is 0 Å². The van der Waals surface area contributed by atoms with E-state index in [9.17, 15) is 9.59 Å². The average Bonchev–Trinajstić information content (AvgIpc) is 3.25. The van der Waals surface area contributed by atoms with E-state index in [-0.39, 0.29) is 18.0 Å². The summed E-state index contributed by atoms with van der Waals surface area (Å²) >= 11 is 0. The fourth-order valence-electron chi connectivity index (χ4n) is 3.62. The Bertz CT molecular complexity index is 834. The number of nitrogens with zero attached hydrogens (tertiary/aromatic N) is 2. The van der Waals surface area contributed by atoms with Crippen molar-refractivity contribution in [1.29, 1.82) is 0 Å². The van der Waals surface area contributed by atoms with E-state index in [4.69, 9.17) is 4.74 Å². The molecular formula is C20H21N3O3. The van der Waals surface area contributed by atoms with Crippen LogP contribution < -0.4 is 19.9 Å². The monoisotopic (exact) mass is 351 g/mol. The topological polar surface area (TPSA) is 61.9 Å². The summed E-state index contributed by atoms with van der Waals surface area (Å²) in [5.41, 5.74) is 2.96. The smallest absolute Gasteiger partial charge is 0.322 e. The summed E-state index contributed by atoms with van der Waals surface area (Å²) in [7, 11) is 1.61. The zero-order valence-electron chi connectivity index (χ0n) is 14.6. The van der Waals surface area contributed by atoms with Gasteiger partial charge >= 0.3 is 6.03 Å². The van der Waals surface area contributed by atoms with Crippen molar-refractivity contribution in [3.8, 4) is 5.75 Å². The molecule has 3 amide bonds. The van der Waals surface area contributed by atoms with E-state index in [0.29, 0.717) is 19.5 Å². The number of carbonyl (C=O) groups excluding carboxylic acids is 2. The van der Waals surface area contributed by atoms with Crippen LogP contribution in [0.1, 0.15) is 12.0 Å². The Hall–Kier alpha value is -3.02. The van der Waals surface area contributed by atoms with Crippen LogP contribution >= 0.6 is 0 Å². The number of benzene rings is 2. The number of amides is 3. The lowest BCUT2D eigenvalue weighted by molar-refractivity contribution is -0.117. The van der Waals surface area contributed by atoms with Crippen molar-refractivity contribution >= 4 is 23.3 Å². The van der Waals surface area contributed by atoms with Crippen LogP contribution in [0.15, 0.2) is 48.5 Å². The molecule has 6 heteroatoms. The Balaban J connectivity index is 1.42. The molecule has 2 heterocycles. The number of methoxy groups -OCH3 is 1. The quantitative estimate of drug-likeness (QED) is 0.924. The first-order chi connectivity index (χ1) is 12.7. The molecule has 0 aliphatic carbocycles. The number of hydrogen-bond donors (Lipinski definition) is 1. The first-order valence-corrected chi connectivity index (χ1v) is 8.76. The number of para-hydroxylation sites is 1. The molecular weight excluding hydrogens is 330 g/mol. The van der Waals surface area contributed by atoms with Crippen molar-refractivity contribution < 1.29 is 14.3 Å². The largest absolute Gasteiger partial charge is 0.497 e. The molecule has 6 nitrogen and oxygen atoms in total. The number of carbonyl (C=O) groups is 2. The molecule has 2 aromatic carbocycles. The molecule has 0 radical (unpaired) electrons. The van der Waals surface area contributed by atoms with Crippen LogP contribution in [0.2, 0.25) is 0 Å². The Kier molecular flexibility index (Phi) is 4.24. The van der Waals surface area contributed by atoms with Gasteiger partial charge in [0.15, 0.2) is 0 Å². The first kappa shape index (κ1) is 16.4. The lowest BCUT2D eigenvalue weighted by atomic mass is 10.2. The van der Waals surface area contributed by atoms with Crippen molar-refractivity contribution in [3.05, 3.63) is 54.1 Å². The van der Waals surface area contributed by atoms with Gasteiger partial charge in [-0.05, 0) is 42.3 Å². The Morgan fingerprint density at radius 3 is 2.69 bits per heavy atom. The van der Waals surface area contributed by atoms with Gasteiger partial charge in [-0.1, -0.05) is 18.2 Å². The van der Waals surface area contributed by atoms with Crippen molar-refractivity contribution in [3.63, 3.8) is 0 Å². The van der Waals surface area contributed by atoms with Crippen molar-refractivity contribution in [1.82, 2.24) is 5.32 Å². The second kappa shape index (κ2) is 6.71. The summed E-state index contributed by atoms with van der Waals surface area (Å²) < 4.78 is 5.15. The number of urea groups is 1. The Labute approximate surface area is 152 Å². The molecule has 2 aliphatic heterocycles. The summed E-state index contributed by atoms with van der Waals surface area (Å²) in [6, 6.07) is 15.0. The highest BCUT2D eigenvalue weighted by Crippen LogP contribution is 2.28. The van der Waals surface area contributed by atoms with Crippen molar-refractivity contribution in [2.24, 2.45) is 0 Å². The SMILES string of the molecule is COc1ccc(N2C[C@H](NC(=O)N3CCc4ccccc43)CC2=O)cc1. The minimum absolute atomic E-state index is 0.0160. The predicted molar refractivity (Wildman–Crippen MR) is 99.8 cm³/mol. The maximum Gasteiger partial charge on any atom is 0.322 e. The van der Waals surface area contributed by atoms with Crippen LogP contribution in [0.5, 0.6) is 5.75 Å². The van der Waals surface area contributed by atoms with E-state index in [1.807, 2.05) is 48.5 Å². The van der Waals surface area contributed by atoms with Crippen LogP contribution in [0.4, 0.5) is 16.2 Å². The van der Waals surface area contributed by atoms with Gasteiger partial charge in [-0.3, -0.25) is 9.69 Å². The van der Waals surface area contributed by atoms with Crippen molar-refractivity contribution in [2.75, 3.05) is 30.0 Å². The minimum atomic E-state index is -0.190. The third-order valence-electron chi connectivity index (χ3n) is 4.97. The predicted octanol–water partition coefficient (Wildman–Crippen LogP) is 2.57. The van der Waals surface area contributed by atoms with Gasteiger partial charge in [0.25, 0.3) is 0 Å². The first-order valence-electron chi connectivity index (χ1n) is 8.76. The van der Waals surface area contributed by atoms with E-state index in [2.05, 4.69) is 5.32 Å². The molecule has 2 aromatic rings. The number of rotatable bonds is 3. The van der Waals surface area contributed by atoms with Gasteiger partial charge < -0.3 is 15.0 Å². The molecule has 0 unspecified atom stereocenters.